The van der Waals surface area contributed by atoms with Gasteiger partial charge in [-0.05, 0) is 55.7 Å². The van der Waals surface area contributed by atoms with E-state index in [1.54, 1.807) is 17.3 Å². The van der Waals surface area contributed by atoms with E-state index >= 15 is 0 Å². The zero-order chi connectivity index (χ0) is 22.8. The predicted molar refractivity (Wildman–Crippen MR) is 135 cm³/mol. The smallest absolute Gasteiger partial charge is 0.158 e. The SMILES string of the molecule is CCC.Cc1cc(C2(C)OOC23C2C[C-]4CC(C2)CC3C4)cc2sc(-c3ccccc3)nc12.[Y]. The molecule has 8 rings (SSSR count). The van der Waals surface area contributed by atoms with Crippen LogP contribution in [0.15, 0.2) is 42.5 Å². The first kappa shape index (κ1) is 25.0. The number of aromatic nitrogens is 1. The van der Waals surface area contributed by atoms with E-state index in [-0.39, 0.29) is 43.9 Å². The van der Waals surface area contributed by atoms with Crippen molar-refractivity contribution in [3.63, 3.8) is 0 Å². The van der Waals surface area contributed by atoms with Crippen molar-refractivity contribution in [2.75, 3.05) is 0 Å². The Morgan fingerprint density at radius 2 is 1.71 bits per heavy atom. The molecule has 5 aliphatic rings. The average molecular weight is 550 g/mol. The molecule has 4 bridgehead atoms. The van der Waals surface area contributed by atoms with E-state index in [1.165, 1.54) is 59.9 Å². The molecule has 1 aromatic heterocycles. The molecular formula is C29H34NO2SY-. The van der Waals surface area contributed by atoms with Crippen LogP contribution in [0.3, 0.4) is 0 Å². The molecule has 0 amide bonds. The minimum absolute atomic E-state index is 0. The number of thiazole rings is 1. The largest absolute Gasteiger partial charge is 0.313 e. The first-order chi connectivity index (χ1) is 16.0. The van der Waals surface area contributed by atoms with Gasteiger partial charge in [-0.15, -0.1) is 11.3 Å². The van der Waals surface area contributed by atoms with Gasteiger partial charge in [0.25, 0.3) is 0 Å². The number of aryl methyl sites for hydroxylation is 1. The van der Waals surface area contributed by atoms with Crippen molar-refractivity contribution < 1.29 is 42.5 Å². The molecule has 3 atom stereocenters. The van der Waals surface area contributed by atoms with Crippen LogP contribution in [0.4, 0.5) is 0 Å². The van der Waals surface area contributed by atoms with E-state index < -0.39 is 0 Å². The van der Waals surface area contributed by atoms with Gasteiger partial charge in [-0.25, -0.2) is 14.8 Å². The molecule has 5 heteroatoms. The third kappa shape index (κ3) is 3.62. The summed E-state index contributed by atoms with van der Waals surface area (Å²) in [5.41, 5.74) is 4.27. The maximum absolute atomic E-state index is 6.17. The molecule has 4 aliphatic carbocycles. The Morgan fingerprint density at radius 1 is 1.03 bits per heavy atom. The van der Waals surface area contributed by atoms with Crippen molar-refractivity contribution in [1.82, 2.24) is 4.98 Å². The molecule has 3 aromatic rings. The third-order valence-corrected chi connectivity index (χ3v) is 9.50. The van der Waals surface area contributed by atoms with Crippen LogP contribution in [-0.2, 0) is 48.1 Å². The molecule has 0 N–H and O–H groups in total. The molecule has 3 nitrogen and oxygen atoms in total. The van der Waals surface area contributed by atoms with Crippen LogP contribution in [0.1, 0.15) is 70.4 Å². The van der Waals surface area contributed by atoms with Crippen LogP contribution in [0.2, 0.25) is 0 Å². The van der Waals surface area contributed by atoms with Crippen LogP contribution in [0.25, 0.3) is 20.8 Å². The monoisotopic (exact) mass is 549 g/mol. The topological polar surface area (TPSA) is 31.4 Å². The summed E-state index contributed by atoms with van der Waals surface area (Å²) in [4.78, 5) is 17.2. The summed E-state index contributed by atoms with van der Waals surface area (Å²) >= 11 is 1.78. The number of rotatable bonds is 2. The molecule has 1 saturated heterocycles. The summed E-state index contributed by atoms with van der Waals surface area (Å²) in [5.74, 6) is 3.89. The number of benzene rings is 2. The van der Waals surface area contributed by atoms with Gasteiger partial charge < -0.3 is 5.92 Å². The quantitative estimate of drug-likeness (QED) is 0.240. The van der Waals surface area contributed by atoms with E-state index in [0.717, 1.165) is 16.4 Å². The maximum Gasteiger partial charge on any atom is 0.158 e. The first-order valence-corrected chi connectivity index (χ1v) is 13.5. The van der Waals surface area contributed by atoms with Gasteiger partial charge in [-0.1, -0.05) is 62.6 Å². The second kappa shape index (κ2) is 9.34. The van der Waals surface area contributed by atoms with Crippen molar-refractivity contribution in [3.8, 4) is 10.6 Å². The van der Waals surface area contributed by atoms with Gasteiger partial charge in [-0.3, -0.25) is 0 Å². The fourth-order valence-electron chi connectivity index (χ4n) is 7.20. The minimum Gasteiger partial charge on any atom is -0.313 e. The molecular weight excluding hydrogens is 515 g/mol. The number of hydrogen-bond donors (Lipinski definition) is 0. The zero-order valence-electron chi connectivity index (χ0n) is 20.8. The van der Waals surface area contributed by atoms with Crippen LogP contribution >= 0.6 is 11.3 Å². The molecule has 1 spiro atoms. The Hall–Kier alpha value is -0.646. The van der Waals surface area contributed by atoms with E-state index in [0.29, 0.717) is 11.8 Å². The predicted octanol–water partition coefficient (Wildman–Crippen LogP) is 8.02. The average Bonchev–Trinajstić information content (AvgIpc) is 3.23. The summed E-state index contributed by atoms with van der Waals surface area (Å²) in [6, 6.07) is 15.1. The van der Waals surface area contributed by atoms with E-state index in [1.807, 2.05) is 0 Å². The van der Waals surface area contributed by atoms with Gasteiger partial charge in [0, 0.05) is 38.3 Å². The standard InChI is InChI=1S/C26H26NO2S.C3H8.Y/c1-15-8-19(14-22-23(15)27-24(30-22)18-6-4-3-5-7-18)25(2)26(29-28-25)20-10-16-9-17(12-20)13-21(26)11-16;1-3-2;/h3-8,14,16,20-21H,9-13H2,1-2H3;3H2,1-2H3;/q-1;;. The van der Waals surface area contributed by atoms with Crippen LogP contribution in [0, 0.1) is 30.6 Å². The Morgan fingerprint density at radius 3 is 2.29 bits per heavy atom. The second-order valence-corrected chi connectivity index (χ2v) is 11.8. The normalized spacial score (nSPS) is 33.4. The van der Waals surface area contributed by atoms with Gasteiger partial charge in [0.2, 0.25) is 0 Å². The van der Waals surface area contributed by atoms with Crippen molar-refractivity contribution in [1.29, 1.82) is 0 Å². The van der Waals surface area contributed by atoms with Crippen LogP contribution in [0.5, 0.6) is 0 Å². The molecule has 177 valence electrons. The molecule has 1 radical (unpaired) electrons. The molecule has 3 unspecified atom stereocenters. The fourth-order valence-corrected chi connectivity index (χ4v) is 8.29. The number of fused-ring (bicyclic) bond motifs is 1. The van der Waals surface area contributed by atoms with E-state index in [4.69, 9.17) is 14.8 Å². The summed E-state index contributed by atoms with van der Waals surface area (Å²) in [6.45, 7) is 8.71. The molecule has 34 heavy (non-hydrogen) atoms. The molecule has 5 fully saturated rings. The minimum atomic E-state index is -0.369. The van der Waals surface area contributed by atoms with E-state index in [2.05, 4.69) is 70.2 Å². The maximum atomic E-state index is 6.17. The summed E-state index contributed by atoms with van der Waals surface area (Å²) in [6.07, 6.45) is 7.71. The molecule has 2 aromatic carbocycles. The summed E-state index contributed by atoms with van der Waals surface area (Å²) in [7, 11) is 0. The molecule has 1 aliphatic heterocycles. The van der Waals surface area contributed by atoms with Gasteiger partial charge in [0.1, 0.15) is 10.6 Å². The van der Waals surface area contributed by atoms with Crippen molar-refractivity contribution in [2.24, 2.45) is 17.8 Å². The number of nitrogens with zero attached hydrogens (tertiary/aromatic N) is 1. The Balaban J connectivity index is 0.000000574. The summed E-state index contributed by atoms with van der Waals surface area (Å²) < 4.78 is 1.24. The van der Waals surface area contributed by atoms with Gasteiger partial charge in [0.05, 0.1) is 10.2 Å². The molecule has 2 heterocycles. The van der Waals surface area contributed by atoms with Crippen LogP contribution < -0.4 is 0 Å². The van der Waals surface area contributed by atoms with E-state index in [9.17, 15) is 0 Å². The second-order valence-electron chi connectivity index (χ2n) is 10.8. The molecule has 4 saturated carbocycles. The van der Waals surface area contributed by atoms with Gasteiger partial charge >= 0.3 is 0 Å². The third-order valence-electron chi connectivity index (χ3n) is 8.45. The zero-order valence-corrected chi connectivity index (χ0v) is 24.4. The van der Waals surface area contributed by atoms with Gasteiger partial charge in [0.15, 0.2) is 5.60 Å². The Labute approximate surface area is 232 Å². The van der Waals surface area contributed by atoms with Gasteiger partial charge in [-0.2, -0.15) is 19.3 Å². The van der Waals surface area contributed by atoms with Crippen molar-refractivity contribution >= 4 is 21.6 Å². The number of hydrogen-bond acceptors (Lipinski definition) is 4. The first-order valence-electron chi connectivity index (χ1n) is 12.7. The van der Waals surface area contributed by atoms with Crippen molar-refractivity contribution in [3.05, 3.63) is 59.5 Å². The van der Waals surface area contributed by atoms with Crippen LogP contribution in [-0.4, -0.2) is 10.6 Å². The Kier molecular flexibility index (Phi) is 6.87. The fraction of sp³-hybridized carbons (Fsp3) is 0.517. The summed E-state index contributed by atoms with van der Waals surface area (Å²) in [5, 5.41) is 1.09. The van der Waals surface area contributed by atoms with Crippen molar-refractivity contribution in [2.45, 2.75) is 77.4 Å². The Bertz CT molecular complexity index is 1150.